The van der Waals surface area contributed by atoms with Crippen LogP contribution in [0.4, 0.5) is 0 Å². The topological polar surface area (TPSA) is 78.1 Å². The predicted molar refractivity (Wildman–Crippen MR) is 49.3 cm³/mol. The van der Waals surface area contributed by atoms with Gasteiger partial charge in [0.15, 0.2) is 0 Å². The first-order chi connectivity index (χ1) is 6.68. The first kappa shape index (κ1) is 8.96. The van der Waals surface area contributed by atoms with Crippen molar-refractivity contribution in [2.75, 3.05) is 0 Å². The molecule has 5 nitrogen and oxygen atoms in total. The molecule has 0 amide bonds. The number of rotatable bonds is 2. The average molecular weight is 193 g/mol. The highest BCUT2D eigenvalue weighted by molar-refractivity contribution is 5.56. The number of nitrogens with two attached hydrogens (primary N) is 1. The first-order valence-electron chi connectivity index (χ1n) is 4.32. The quantitative estimate of drug-likeness (QED) is 0.784. The third kappa shape index (κ3) is 1.42. The van der Waals surface area contributed by atoms with Gasteiger partial charge in [-0.15, -0.1) is 0 Å². The Kier molecular flexibility index (Phi) is 2.09. The molecule has 1 unspecified atom stereocenters. The molecule has 0 bridgehead atoms. The molecule has 0 fully saturated rings. The maximum absolute atomic E-state index is 5.60. The van der Waals surface area contributed by atoms with Gasteiger partial charge in [-0.3, -0.25) is 0 Å². The van der Waals surface area contributed by atoms with Gasteiger partial charge >= 0.3 is 0 Å². The Balaban J connectivity index is 2.39. The largest absolute Gasteiger partial charge is 0.469 e. The summed E-state index contributed by atoms with van der Waals surface area (Å²) in [5.41, 5.74) is 6.43. The number of hydrogen-bond acceptors (Lipinski definition) is 5. The number of hydrogen-bond donors (Lipinski definition) is 1. The van der Waals surface area contributed by atoms with E-state index in [1.807, 2.05) is 6.92 Å². The van der Waals surface area contributed by atoms with E-state index in [0.29, 0.717) is 11.7 Å². The van der Waals surface area contributed by atoms with Crippen molar-refractivity contribution in [1.29, 1.82) is 0 Å². The molecule has 0 aliphatic rings. The Labute approximate surface area is 80.9 Å². The summed E-state index contributed by atoms with van der Waals surface area (Å²) in [6.45, 7) is 3.64. The van der Waals surface area contributed by atoms with E-state index in [1.54, 1.807) is 19.3 Å². The van der Waals surface area contributed by atoms with Crippen LogP contribution in [0.25, 0.3) is 11.4 Å². The monoisotopic (exact) mass is 193 g/mol. The zero-order chi connectivity index (χ0) is 10.1. The van der Waals surface area contributed by atoms with Crippen molar-refractivity contribution >= 4 is 0 Å². The van der Waals surface area contributed by atoms with Gasteiger partial charge in [0.25, 0.3) is 0 Å². The molecular weight excluding hydrogens is 182 g/mol. The van der Waals surface area contributed by atoms with E-state index in [-0.39, 0.29) is 6.04 Å². The van der Waals surface area contributed by atoms with Crippen molar-refractivity contribution in [2.24, 2.45) is 5.73 Å². The number of aromatic nitrogens is 2. The molecule has 0 aliphatic heterocycles. The van der Waals surface area contributed by atoms with Crippen LogP contribution in [0.15, 0.2) is 21.3 Å². The van der Waals surface area contributed by atoms with Gasteiger partial charge in [0.05, 0.1) is 17.9 Å². The molecule has 0 saturated carbocycles. The third-order valence-corrected chi connectivity index (χ3v) is 1.93. The lowest BCUT2D eigenvalue weighted by Gasteiger charge is -1.92. The summed E-state index contributed by atoms with van der Waals surface area (Å²) in [6, 6.07) is 1.55. The molecule has 5 heteroatoms. The summed E-state index contributed by atoms with van der Waals surface area (Å²) in [5.74, 6) is 1.71. The van der Waals surface area contributed by atoms with Crippen LogP contribution in [-0.2, 0) is 0 Å². The highest BCUT2D eigenvalue weighted by atomic mass is 16.5. The zero-order valence-corrected chi connectivity index (χ0v) is 8.02. The van der Waals surface area contributed by atoms with E-state index in [0.717, 1.165) is 11.3 Å². The number of furan rings is 1. The minimum absolute atomic E-state index is 0.247. The fourth-order valence-electron chi connectivity index (χ4n) is 1.15. The van der Waals surface area contributed by atoms with Crippen LogP contribution in [0.2, 0.25) is 0 Å². The van der Waals surface area contributed by atoms with E-state index in [9.17, 15) is 0 Å². The summed E-state index contributed by atoms with van der Waals surface area (Å²) < 4.78 is 10.1. The standard InChI is InChI=1S/C9H11N3O2/c1-5(10)9-11-8(12-14-9)7-3-4-13-6(7)2/h3-5H,10H2,1-2H3. The molecule has 2 rings (SSSR count). The Morgan fingerprint density at radius 1 is 1.50 bits per heavy atom. The van der Waals surface area contributed by atoms with Crippen LogP contribution >= 0.6 is 0 Å². The van der Waals surface area contributed by atoms with E-state index in [1.165, 1.54) is 0 Å². The fraction of sp³-hybridized carbons (Fsp3) is 0.333. The van der Waals surface area contributed by atoms with Crippen LogP contribution in [-0.4, -0.2) is 10.1 Å². The van der Waals surface area contributed by atoms with Crippen LogP contribution in [0.5, 0.6) is 0 Å². The normalized spacial score (nSPS) is 13.1. The van der Waals surface area contributed by atoms with Crippen molar-refractivity contribution in [3.8, 4) is 11.4 Å². The molecule has 0 spiro atoms. The Bertz CT molecular complexity index is 431. The molecule has 0 aromatic carbocycles. The molecule has 2 N–H and O–H groups in total. The SMILES string of the molecule is Cc1occc1-c1noc(C(C)N)n1. The van der Waals surface area contributed by atoms with E-state index < -0.39 is 0 Å². The molecule has 2 heterocycles. The summed E-state index contributed by atoms with van der Waals surface area (Å²) in [7, 11) is 0. The molecule has 74 valence electrons. The summed E-state index contributed by atoms with van der Waals surface area (Å²) >= 11 is 0. The molecule has 2 aromatic rings. The van der Waals surface area contributed by atoms with Crippen molar-refractivity contribution in [2.45, 2.75) is 19.9 Å². The van der Waals surface area contributed by atoms with Crippen molar-refractivity contribution in [3.05, 3.63) is 24.0 Å². The average Bonchev–Trinajstić information content (AvgIpc) is 2.71. The highest BCUT2D eigenvalue weighted by Gasteiger charge is 2.14. The van der Waals surface area contributed by atoms with Crippen molar-refractivity contribution in [1.82, 2.24) is 10.1 Å². The van der Waals surface area contributed by atoms with Gasteiger partial charge in [-0.05, 0) is 19.9 Å². The van der Waals surface area contributed by atoms with Gasteiger partial charge in [-0.25, -0.2) is 0 Å². The second kappa shape index (κ2) is 3.26. The van der Waals surface area contributed by atoms with Crippen LogP contribution in [0, 0.1) is 6.92 Å². The van der Waals surface area contributed by atoms with Gasteiger partial charge in [0.2, 0.25) is 11.7 Å². The lowest BCUT2D eigenvalue weighted by atomic mass is 10.2. The molecule has 0 saturated heterocycles. The first-order valence-corrected chi connectivity index (χ1v) is 4.32. The number of nitrogens with zero attached hydrogens (tertiary/aromatic N) is 2. The minimum atomic E-state index is -0.247. The Morgan fingerprint density at radius 3 is 2.79 bits per heavy atom. The minimum Gasteiger partial charge on any atom is -0.469 e. The second-order valence-electron chi connectivity index (χ2n) is 3.14. The van der Waals surface area contributed by atoms with Gasteiger partial charge in [0, 0.05) is 0 Å². The van der Waals surface area contributed by atoms with Gasteiger partial charge < -0.3 is 14.7 Å². The van der Waals surface area contributed by atoms with Crippen molar-refractivity contribution < 1.29 is 8.94 Å². The maximum atomic E-state index is 5.60. The molecule has 1 atom stereocenters. The van der Waals surface area contributed by atoms with E-state index in [2.05, 4.69) is 10.1 Å². The summed E-state index contributed by atoms with van der Waals surface area (Å²) in [6.07, 6.45) is 1.59. The van der Waals surface area contributed by atoms with Crippen LogP contribution < -0.4 is 5.73 Å². The fourth-order valence-corrected chi connectivity index (χ4v) is 1.15. The van der Waals surface area contributed by atoms with Gasteiger partial charge in [-0.1, -0.05) is 5.16 Å². The lowest BCUT2D eigenvalue weighted by Crippen LogP contribution is -2.04. The second-order valence-corrected chi connectivity index (χ2v) is 3.14. The molecule has 0 aliphatic carbocycles. The third-order valence-electron chi connectivity index (χ3n) is 1.93. The smallest absolute Gasteiger partial charge is 0.243 e. The van der Waals surface area contributed by atoms with E-state index >= 15 is 0 Å². The van der Waals surface area contributed by atoms with E-state index in [4.69, 9.17) is 14.7 Å². The van der Waals surface area contributed by atoms with Crippen LogP contribution in [0.3, 0.4) is 0 Å². The molecule has 14 heavy (non-hydrogen) atoms. The van der Waals surface area contributed by atoms with Crippen LogP contribution in [0.1, 0.15) is 24.6 Å². The van der Waals surface area contributed by atoms with Crippen molar-refractivity contribution in [3.63, 3.8) is 0 Å². The summed E-state index contributed by atoms with van der Waals surface area (Å²) in [5, 5.41) is 3.81. The van der Waals surface area contributed by atoms with Gasteiger partial charge in [0.1, 0.15) is 5.76 Å². The maximum Gasteiger partial charge on any atom is 0.243 e. The Hall–Kier alpha value is -1.62. The summed E-state index contributed by atoms with van der Waals surface area (Å²) in [4.78, 5) is 4.15. The highest BCUT2D eigenvalue weighted by Crippen LogP contribution is 2.22. The Morgan fingerprint density at radius 2 is 2.29 bits per heavy atom. The molecule has 2 aromatic heterocycles. The molecular formula is C9H11N3O2. The number of aryl methyl sites for hydroxylation is 1. The lowest BCUT2D eigenvalue weighted by molar-refractivity contribution is 0.362. The van der Waals surface area contributed by atoms with Gasteiger partial charge in [-0.2, -0.15) is 4.98 Å². The predicted octanol–water partition coefficient (Wildman–Crippen LogP) is 1.66. The zero-order valence-electron chi connectivity index (χ0n) is 8.02. The molecule has 0 radical (unpaired) electrons.